The number of benzene rings is 1. The van der Waals surface area contributed by atoms with Crippen molar-refractivity contribution < 1.29 is 29.0 Å². The molecule has 0 atom stereocenters. The predicted molar refractivity (Wildman–Crippen MR) is 82.2 cm³/mol. The lowest BCUT2D eigenvalue weighted by atomic mass is 10.1. The molecule has 0 aliphatic heterocycles. The van der Waals surface area contributed by atoms with Gasteiger partial charge >= 0.3 is 0 Å². The molecule has 1 aromatic heterocycles. The molecule has 1 aromatic carbocycles. The first kappa shape index (κ1) is 4.83. The zero-order valence-corrected chi connectivity index (χ0v) is 10.8. The van der Waals surface area contributed by atoms with Crippen LogP contribution in [0.5, 0.6) is 0 Å². The summed E-state index contributed by atoms with van der Waals surface area (Å²) in [4.78, 5) is 1.98. The fraction of sp³-hybridized carbons (Fsp3) is 0.429. The molecule has 5 nitrogen and oxygen atoms in total. The summed E-state index contributed by atoms with van der Waals surface area (Å²) in [5.74, 6) is 0. The number of aromatic nitrogens is 1. The zero-order valence-electron chi connectivity index (χ0n) is 25.0. The molecule has 0 radical (unpaired) electrons. The number of likely N-dealkylation sites (N-methyl/N-ethyl adjacent to an activating group) is 1. The molecule has 2 aromatic rings. The Morgan fingerprint density at radius 3 is 3.05 bits per heavy atom. The Morgan fingerprint density at radius 2 is 2.30 bits per heavy atom. The largest absolute Gasteiger partial charge is 0.361 e. The standard InChI is InChI=1S/C14H21N3O2S/c1-15-20(18,19)10-11-4-5-14-13(8-11)12(9-16-14)6-7-17(2)3/h4-5,8-9,15-16H,6-7,10H2,1-3H3/i1D3,2D3,3D3,6D2,7D2,10D2. The summed E-state index contributed by atoms with van der Waals surface area (Å²) < 4.78 is 141. The normalized spacial score (nSPS) is 27.6. The highest BCUT2D eigenvalue weighted by Gasteiger charge is 2.11. The van der Waals surface area contributed by atoms with Crippen LogP contribution in [0.2, 0.25) is 0 Å². The van der Waals surface area contributed by atoms with Crippen molar-refractivity contribution in [3.8, 4) is 0 Å². The Labute approximate surface area is 141 Å². The average molecular weight is 310 g/mol. The minimum atomic E-state index is -5.17. The van der Waals surface area contributed by atoms with Gasteiger partial charge in [-0.05, 0) is 50.6 Å². The van der Waals surface area contributed by atoms with Crippen molar-refractivity contribution in [2.24, 2.45) is 0 Å². The Bertz CT molecular complexity index is 1180. The van der Waals surface area contributed by atoms with E-state index >= 15 is 0 Å². The second-order valence-electron chi connectivity index (χ2n) is 3.74. The summed E-state index contributed by atoms with van der Waals surface area (Å²) in [5, 5.41) is -0.291. The molecule has 0 amide bonds. The molecule has 0 aliphatic carbocycles. The number of fused-ring (bicyclic) bond motifs is 1. The van der Waals surface area contributed by atoms with Gasteiger partial charge in [0.05, 0.1) is 5.70 Å². The van der Waals surface area contributed by atoms with E-state index in [9.17, 15) is 8.42 Å². The zero-order chi connectivity index (χ0) is 27.6. The van der Waals surface area contributed by atoms with Crippen LogP contribution in [0.4, 0.5) is 0 Å². The van der Waals surface area contributed by atoms with Crippen LogP contribution in [-0.2, 0) is 22.1 Å². The molecule has 110 valence electrons. The highest BCUT2D eigenvalue weighted by Crippen LogP contribution is 2.21. The third-order valence-electron chi connectivity index (χ3n) is 2.37. The quantitative estimate of drug-likeness (QED) is 0.846. The van der Waals surface area contributed by atoms with Crippen LogP contribution in [-0.4, -0.2) is 45.7 Å². The monoisotopic (exact) mass is 310 g/mol. The highest BCUT2D eigenvalue weighted by atomic mass is 32.2. The van der Waals surface area contributed by atoms with Crippen molar-refractivity contribution in [1.82, 2.24) is 14.6 Å². The van der Waals surface area contributed by atoms with Gasteiger partial charge in [-0.1, -0.05) is 6.07 Å². The van der Waals surface area contributed by atoms with Crippen molar-refractivity contribution in [3.05, 3.63) is 35.5 Å². The number of hydrogen-bond acceptors (Lipinski definition) is 3. The van der Waals surface area contributed by atoms with E-state index in [1.165, 1.54) is 4.72 Å². The molecule has 0 fully saturated rings. The van der Waals surface area contributed by atoms with Crippen LogP contribution in [0.3, 0.4) is 0 Å². The third kappa shape index (κ3) is 3.59. The number of nitrogens with zero attached hydrogens (tertiary/aromatic N) is 1. The maximum Gasteiger partial charge on any atom is 0.215 e. The Morgan fingerprint density at radius 1 is 1.45 bits per heavy atom. The number of aromatic amines is 1. The van der Waals surface area contributed by atoms with Crippen LogP contribution >= 0.6 is 0 Å². The van der Waals surface area contributed by atoms with E-state index in [2.05, 4.69) is 4.98 Å². The van der Waals surface area contributed by atoms with Gasteiger partial charge in [-0.15, -0.1) is 0 Å². The summed E-state index contributed by atoms with van der Waals surface area (Å²) in [6.07, 6.45) is -2.44. The SMILES string of the molecule is [2H]C([2H])([2H])NS(=O)(=O)C([2H])([2H])c1ccc2[nH]cc(C([2H])([2H])C([2H])([2H])N(C([2H])([2H])[2H])C([2H])([2H])[2H])c2c1. The second-order valence-corrected chi connectivity index (χ2v) is 5.16. The topological polar surface area (TPSA) is 65.2 Å². The van der Waals surface area contributed by atoms with E-state index in [1.807, 2.05) is 0 Å². The predicted octanol–water partition coefficient (Wildman–Crippen LogP) is 1.32. The molecule has 2 N–H and O–H groups in total. The molecule has 0 saturated heterocycles. The van der Waals surface area contributed by atoms with Gasteiger partial charge in [0, 0.05) is 44.2 Å². The number of aryl methyl sites for hydroxylation is 1. The fourth-order valence-electron chi connectivity index (χ4n) is 1.58. The third-order valence-corrected chi connectivity index (χ3v) is 3.14. The Kier molecular flexibility index (Phi) is 1.44. The van der Waals surface area contributed by atoms with Crippen molar-refractivity contribution in [2.45, 2.75) is 12.1 Å². The maximum atomic E-state index is 12.4. The molecule has 20 heavy (non-hydrogen) atoms. The van der Waals surface area contributed by atoms with E-state index in [0.29, 0.717) is 0 Å². The Balaban J connectivity index is 2.73. The molecule has 0 aliphatic rings. The van der Waals surface area contributed by atoms with Crippen molar-refractivity contribution in [2.75, 3.05) is 27.4 Å². The summed E-state index contributed by atoms with van der Waals surface area (Å²) in [7, 11) is -5.17. The summed E-state index contributed by atoms with van der Waals surface area (Å²) in [5.41, 5.74) is -4.58. The molecule has 6 heteroatoms. The lowest BCUT2D eigenvalue weighted by Crippen LogP contribution is -2.20. The van der Waals surface area contributed by atoms with Crippen LogP contribution in [0.1, 0.15) is 31.7 Å². The van der Waals surface area contributed by atoms with Gasteiger partial charge in [-0.2, -0.15) is 0 Å². The maximum absolute atomic E-state index is 12.4. The number of H-pyrrole nitrogens is 1. The highest BCUT2D eigenvalue weighted by molar-refractivity contribution is 7.88. The first-order valence-corrected chi connectivity index (χ1v) is 6.71. The van der Waals surface area contributed by atoms with E-state index in [0.717, 1.165) is 24.4 Å². The van der Waals surface area contributed by atoms with Gasteiger partial charge in [0.1, 0.15) is 0 Å². The summed E-state index contributed by atoms with van der Waals surface area (Å²) in [6, 6.07) is 2.92. The van der Waals surface area contributed by atoms with E-state index in [1.54, 1.807) is 0 Å². The van der Waals surface area contributed by atoms with Crippen LogP contribution in [0.25, 0.3) is 10.9 Å². The summed E-state index contributed by atoms with van der Waals surface area (Å²) in [6.45, 7) is -14.1. The van der Waals surface area contributed by atoms with Crippen molar-refractivity contribution in [3.63, 3.8) is 0 Å². The first-order chi connectivity index (χ1) is 15.3. The molecule has 0 saturated carbocycles. The van der Waals surface area contributed by atoms with Gasteiger partial charge in [-0.25, -0.2) is 13.1 Å². The lowest BCUT2D eigenvalue weighted by molar-refractivity contribution is 0.414. The molecule has 0 spiro atoms. The molecule has 0 unspecified atom stereocenters. The van der Waals surface area contributed by atoms with Crippen molar-refractivity contribution >= 4 is 20.9 Å². The molecular formula is C14H21N3O2S. The molecule has 0 bridgehead atoms. The number of rotatable bonds is 6. The van der Waals surface area contributed by atoms with Gasteiger partial charge in [0.15, 0.2) is 0 Å². The van der Waals surface area contributed by atoms with Crippen LogP contribution in [0.15, 0.2) is 24.4 Å². The number of nitrogens with one attached hydrogen (secondary N) is 2. The smallest absolute Gasteiger partial charge is 0.215 e. The summed E-state index contributed by atoms with van der Waals surface area (Å²) >= 11 is 0. The van der Waals surface area contributed by atoms with E-state index in [4.69, 9.17) is 20.6 Å². The first-order valence-electron chi connectivity index (χ1n) is 12.7. The molecule has 1 heterocycles. The second kappa shape index (κ2) is 5.95. The number of sulfonamides is 1. The average Bonchev–Trinajstić information content (AvgIpc) is 2.99. The molecule has 2 rings (SSSR count). The van der Waals surface area contributed by atoms with Gasteiger partial charge in [0.2, 0.25) is 10.0 Å². The van der Waals surface area contributed by atoms with Gasteiger partial charge < -0.3 is 9.88 Å². The van der Waals surface area contributed by atoms with E-state index in [-0.39, 0.29) is 10.9 Å². The van der Waals surface area contributed by atoms with Gasteiger partial charge in [-0.3, -0.25) is 0 Å². The minimum Gasteiger partial charge on any atom is -0.361 e. The van der Waals surface area contributed by atoms with Crippen LogP contribution < -0.4 is 4.72 Å². The van der Waals surface area contributed by atoms with Crippen LogP contribution in [0, 0.1) is 0 Å². The fourth-order valence-corrected chi connectivity index (χ4v) is 2.07. The number of hydrogen-bond donors (Lipinski definition) is 2. The van der Waals surface area contributed by atoms with E-state index < -0.39 is 65.6 Å². The van der Waals surface area contributed by atoms with Crippen molar-refractivity contribution in [1.29, 1.82) is 0 Å². The van der Waals surface area contributed by atoms with Gasteiger partial charge in [0.25, 0.3) is 0 Å². The Hall–Kier alpha value is -1.37. The minimum absolute atomic E-state index is 0.0507. The lowest BCUT2D eigenvalue weighted by Gasteiger charge is -2.08. The molecular weight excluding hydrogens is 274 g/mol.